The third kappa shape index (κ3) is 6.86. The Morgan fingerprint density at radius 1 is 1.07 bits per heavy atom. The first kappa shape index (κ1) is 22.4. The maximum Gasteiger partial charge on any atom is 0.162 e. The van der Waals surface area contributed by atoms with Crippen LogP contribution in [0.5, 0.6) is 11.5 Å². The number of benzene rings is 2. The van der Waals surface area contributed by atoms with E-state index in [1.54, 1.807) is 12.1 Å². The molecule has 2 aromatic rings. The predicted molar refractivity (Wildman–Crippen MR) is 117 cm³/mol. The van der Waals surface area contributed by atoms with Crippen molar-refractivity contribution in [1.82, 2.24) is 5.32 Å². The van der Waals surface area contributed by atoms with Gasteiger partial charge in [-0.3, -0.25) is 0 Å². The quantitative estimate of drug-likeness (QED) is 0.381. The molecule has 2 rings (SSSR count). The van der Waals surface area contributed by atoms with Gasteiger partial charge in [-0.15, -0.1) is 0 Å². The molecule has 0 heterocycles. The summed E-state index contributed by atoms with van der Waals surface area (Å²) in [7, 11) is 0. The maximum atomic E-state index is 6.23. The second kappa shape index (κ2) is 11.2. The fourth-order valence-corrected chi connectivity index (χ4v) is 3.50. The van der Waals surface area contributed by atoms with E-state index in [9.17, 15) is 0 Å². The van der Waals surface area contributed by atoms with Crippen LogP contribution in [-0.2, 0) is 13.2 Å². The molecule has 0 aliphatic rings. The van der Waals surface area contributed by atoms with Gasteiger partial charge in [-0.2, -0.15) is 0 Å². The lowest BCUT2D eigenvalue weighted by atomic mass is 10.1. The number of hydrogen-bond acceptors (Lipinski definition) is 3. The van der Waals surface area contributed by atoms with Crippen LogP contribution in [0, 0.1) is 5.92 Å². The summed E-state index contributed by atoms with van der Waals surface area (Å²) in [5.41, 5.74) is 1.89. The highest BCUT2D eigenvalue weighted by Crippen LogP contribution is 2.35. The van der Waals surface area contributed by atoms with Crippen molar-refractivity contribution in [2.45, 2.75) is 40.3 Å². The molecule has 0 aliphatic heterocycles. The van der Waals surface area contributed by atoms with E-state index in [1.807, 2.05) is 25.1 Å². The van der Waals surface area contributed by atoms with E-state index in [1.165, 1.54) is 0 Å². The second-order valence-corrected chi connectivity index (χ2v) is 8.34. The monoisotopic (exact) mass is 473 g/mol. The van der Waals surface area contributed by atoms with Gasteiger partial charge in [0.15, 0.2) is 11.5 Å². The van der Waals surface area contributed by atoms with E-state index in [2.05, 4.69) is 35.1 Å². The first-order valence-corrected chi connectivity index (χ1v) is 10.7. The molecule has 2 aromatic carbocycles. The molecule has 0 aliphatic carbocycles. The van der Waals surface area contributed by atoms with Crippen LogP contribution in [0.1, 0.15) is 38.3 Å². The predicted octanol–water partition coefficient (Wildman–Crippen LogP) is 6.87. The van der Waals surface area contributed by atoms with Crippen molar-refractivity contribution in [3.05, 3.63) is 56.0 Å². The lowest BCUT2D eigenvalue weighted by molar-refractivity contribution is 0.269. The van der Waals surface area contributed by atoms with Gasteiger partial charge < -0.3 is 14.8 Å². The molecule has 1 N–H and O–H groups in total. The zero-order valence-corrected chi connectivity index (χ0v) is 19.0. The molecule has 148 valence electrons. The normalized spacial score (nSPS) is 11.1. The Labute approximate surface area is 180 Å². The van der Waals surface area contributed by atoms with Gasteiger partial charge in [0.2, 0.25) is 0 Å². The molecular weight excluding hydrogens is 449 g/mol. The highest BCUT2D eigenvalue weighted by Gasteiger charge is 2.13. The smallest absolute Gasteiger partial charge is 0.162 e. The Bertz CT molecular complexity index is 733. The van der Waals surface area contributed by atoms with Gasteiger partial charge in [-0.05, 0) is 55.6 Å². The van der Waals surface area contributed by atoms with Gasteiger partial charge in [0.25, 0.3) is 0 Å². The molecule has 0 fully saturated rings. The van der Waals surface area contributed by atoms with E-state index in [0.717, 1.165) is 35.1 Å². The first-order chi connectivity index (χ1) is 12.9. The van der Waals surface area contributed by atoms with Crippen LogP contribution in [0.4, 0.5) is 0 Å². The fraction of sp³-hybridized carbons (Fsp3) is 0.429. The van der Waals surface area contributed by atoms with Crippen LogP contribution in [-0.4, -0.2) is 13.2 Å². The minimum atomic E-state index is 0.275. The van der Waals surface area contributed by atoms with Crippen molar-refractivity contribution in [3.63, 3.8) is 0 Å². The Morgan fingerprint density at radius 3 is 2.37 bits per heavy atom. The third-order valence-corrected chi connectivity index (χ3v) is 5.51. The summed E-state index contributed by atoms with van der Waals surface area (Å²) in [6, 6.07) is 9.38. The van der Waals surface area contributed by atoms with Crippen LogP contribution >= 0.6 is 39.1 Å². The Balaban J connectivity index is 2.12. The van der Waals surface area contributed by atoms with Crippen molar-refractivity contribution in [2.24, 2.45) is 5.92 Å². The van der Waals surface area contributed by atoms with Gasteiger partial charge >= 0.3 is 0 Å². The average molecular weight is 475 g/mol. The van der Waals surface area contributed by atoms with E-state index in [0.29, 0.717) is 34.1 Å². The molecule has 0 bridgehead atoms. The van der Waals surface area contributed by atoms with Crippen molar-refractivity contribution in [3.8, 4) is 11.5 Å². The van der Waals surface area contributed by atoms with Crippen LogP contribution in [0.25, 0.3) is 0 Å². The molecule has 0 radical (unpaired) electrons. The molecule has 6 heteroatoms. The molecule has 0 saturated carbocycles. The van der Waals surface area contributed by atoms with Gasteiger partial charge in [0.1, 0.15) is 6.61 Å². The minimum Gasteiger partial charge on any atom is -0.490 e. The number of ether oxygens (including phenoxy) is 2. The van der Waals surface area contributed by atoms with E-state index in [-0.39, 0.29) is 6.61 Å². The van der Waals surface area contributed by atoms with E-state index in [4.69, 9.17) is 32.7 Å². The van der Waals surface area contributed by atoms with Crippen molar-refractivity contribution < 1.29 is 9.47 Å². The Kier molecular flexibility index (Phi) is 9.24. The lowest BCUT2D eigenvalue weighted by Crippen LogP contribution is -2.16. The molecule has 0 atom stereocenters. The van der Waals surface area contributed by atoms with Crippen molar-refractivity contribution in [1.29, 1.82) is 0 Å². The maximum absolute atomic E-state index is 6.23. The Hall–Kier alpha value is -0.940. The molecule has 0 amide bonds. The summed E-state index contributed by atoms with van der Waals surface area (Å²) in [5.74, 6) is 2.06. The summed E-state index contributed by atoms with van der Waals surface area (Å²) in [4.78, 5) is 0. The third-order valence-electron chi connectivity index (χ3n) is 4.06. The summed E-state index contributed by atoms with van der Waals surface area (Å²) in [5, 5.41) is 4.65. The number of halogens is 3. The first-order valence-electron chi connectivity index (χ1n) is 9.14. The number of hydrogen-bond donors (Lipinski definition) is 1. The van der Waals surface area contributed by atoms with Crippen LogP contribution in [0.15, 0.2) is 34.8 Å². The molecular formula is C21H26BrCl2NO2. The zero-order valence-electron chi connectivity index (χ0n) is 16.0. The molecule has 0 spiro atoms. The topological polar surface area (TPSA) is 30.5 Å². The largest absolute Gasteiger partial charge is 0.490 e. The summed E-state index contributed by atoms with van der Waals surface area (Å²) < 4.78 is 12.7. The molecule has 0 saturated heterocycles. The lowest BCUT2D eigenvalue weighted by Gasteiger charge is -2.16. The number of rotatable bonds is 10. The molecule has 0 unspecified atom stereocenters. The van der Waals surface area contributed by atoms with Gasteiger partial charge in [0.05, 0.1) is 6.61 Å². The second-order valence-electron chi connectivity index (χ2n) is 6.67. The highest BCUT2D eigenvalue weighted by molar-refractivity contribution is 9.10. The average Bonchev–Trinajstić information content (AvgIpc) is 2.61. The standard InChI is InChI=1S/C21H26BrCl2NO2/c1-4-26-20-10-15(12-25-9-8-14(2)3)17(22)11-21(20)27-13-16-18(23)6-5-7-19(16)24/h5-7,10-11,14,25H,4,8-9,12-13H2,1-3H3. The summed E-state index contributed by atoms with van der Waals surface area (Å²) >= 11 is 16.1. The Morgan fingerprint density at radius 2 is 1.74 bits per heavy atom. The van der Waals surface area contributed by atoms with E-state index >= 15 is 0 Å². The van der Waals surface area contributed by atoms with Gasteiger partial charge in [-0.25, -0.2) is 0 Å². The fourth-order valence-electron chi connectivity index (χ4n) is 2.53. The van der Waals surface area contributed by atoms with Crippen molar-refractivity contribution >= 4 is 39.1 Å². The van der Waals surface area contributed by atoms with Crippen LogP contribution in [0.2, 0.25) is 10.0 Å². The molecule has 0 aromatic heterocycles. The SMILES string of the molecule is CCOc1cc(CNCCC(C)C)c(Br)cc1OCc1c(Cl)cccc1Cl. The van der Waals surface area contributed by atoms with E-state index < -0.39 is 0 Å². The summed E-state index contributed by atoms with van der Waals surface area (Å²) in [6.07, 6.45) is 1.15. The number of nitrogens with one attached hydrogen (secondary N) is 1. The highest BCUT2D eigenvalue weighted by atomic mass is 79.9. The van der Waals surface area contributed by atoms with Crippen molar-refractivity contribution in [2.75, 3.05) is 13.2 Å². The minimum absolute atomic E-state index is 0.275. The zero-order chi connectivity index (χ0) is 19.8. The molecule has 3 nitrogen and oxygen atoms in total. The van der Waals surface area contributed by atoms with Gasteiger partial charge in [0, 0.05) is 26.6 Å². The molecule has 27 heavy (non-hydrogen) atoms. The van der Waals surface area contributed by atoms with Crippen LogP contribution < -0.4 is 14.8 Å². The van der Waals surface area contributed by atoms with Gasteiger partial charge in [-0.1, -0.05) is 59.0 Å². The summed E-state index contributed by atoms with van der Waals surface area (Å²) in [6.45, 7) is 8.99. The van der Waals surface area contributed by atoms with Crippen LogP contribution in [0.3, 0.4) is 0 Å².